The highest BCUT2D eigenvalue weighted by molar-refractivity contribution is 5.93. The van der Waals surface area contributed by atoms with Crippen LogP contribution in [0.3, 0.4) is 0 Å². The Morgan fingerprint density at radius 2 is 2.03 bits per heavy atom. The summed E-state index contributed by atoms with van der Waals surface area (Å²) >= 11 is 0. The lowest BCUT2D eigenvalue weighted by atomic mass is 10.1. The summed E-state index contributed by atoms with van der Waals surface area (Å²) in [6.07, 6.45) is 5.96. The van der Waals surface area contributed by atoms with Crippen LogP contribution in [0.15, 0.2) is 53.1 Å². The van der Waals surface area contributed by atoms with Crippen molar-refractivity contribution in [3.8, 4) is 22.7 Å². The van der Waals surface area contributed by atoms with Gasteiger partial charge in [-0.2, -0.15) is 5.10 Å². The number of aryl methyl sites for hydroxylation is 1. The topological polar surface area (TPSA) is 83.8 Å². The van der Waals surface area contributed by atoms with Gasteiger partial charge in [0.15, 0.2) is 5.58 Å². The average Bonchev–Trinajstić information content (AvgIpc) is 3.47. The summed E-state index contributed by atoms with van der Waals surface area (Å²) in [5.74, 6) is 0.762. The molecule has 0 saturated heterocycles. The van der Waals surface area contributed by atoms with Crippen molar-refractivity contribution in [3.63, 3.8) is 0 Å². The number of hydrogen-bond donors (Lipinski definition) is 2. The highest BCUT2D eigenvalue weighted by atomic mass is 16.3. The van der Waals surface area contributed by atoms with Crippen molar-refractivity contribution in [2.24, 2.45) is 5.92 Å². The van der Waals surface area contributed by atoms with E-state index < -0.39 is 0 Å². The van der Waals surface area contributed by atoms with Gasteiger partial charge in [-0.15, -0.1) is 0 Å². The molecule has 1 saturated carbocycles. The number of fused-ring (bicyclic) bond motifs is 1. The first-order valence-electron chi connectivity index (χ1n) is 9.99. The standard InChI is InChI=1S/C23H22N4O2/c1-14-9-10-20-19(11-14)26-23(29-20)18-13-24-27-21(18)16-7-4-8-17(12-16)25-22(28)15-5-2-3-6-15/h4,7-13,15H,2-3,5-6H2,1H3,(H,24,27)(H,25,28). The molecule has 146 valence electrons. The predicted molar refractivity (Wildman–Crippen MR) is 112 cm³/mol. The molecular formula is C23H22N4O2. The zero-order valence-corrected chi connectivity index (χ0v) is 16.2. The third kappa shape index (κ3) is 3.42. The Balaban J connectivity index is 1.46. The van der Waals surface area contributed by atoms with Gasteiger partial charge in [-0.05, 0) is 49.6 Å². The predicted octanol–water partition coefficient (Wildman–Crippen LogP) is 5.32. The van der Waals surface area contributed by atoms with Gasteiger partial charge < -0.3 is 9.73 Å². The molecule has 1 fully saturated rings. The van der Waals surface area contributed by atoms with Crippen LogP contribution in [0.2, 0.25) is 0 Å². The van der Waals surface area contributed by atoms with E-state index in [9.17, 15) is 4.79 Å². The van der Waals surface area contributed by atoms with Crippen molar-refractivity contribution in [3.05, 3.63) is 54.2 Å². The summed E-state index contributed by atoms with van der Waals surface area (Å²) in [7, 11) is 0. The summed E-state index contributed by atoms with van der Waals surface area (Å²) in [6, 6.07) is 13.7. The van der Waals surface area contributed by atoms with Crippen LogP contribution < -0.4 is 5.32 Å². The molecule has 0 atom stereocenters. The van der Waals surface area contributed by atoms with Gasteiger partial charge in [0.2, 0.25) is 11.8 Å². The zero-order valence-electron chi connectivity index (χ0n) is 16.2. The first-order chi connectivity index (χ1) is 14.2. The van der Waals surface area contributed by atoms with E-state index in [4.69, 9.17) is 4.42 Å². The number of rotatable bonds is 4. The summed E-state index contributed by atoms with van der Waals surface area (Å²) in [5.41, 5.74) is 6.01. The minimum Gasteiger partial charge on any atom is -0.436 e. The number of nitrogens with one attached hydrogen (secondary N) is 2. The van der Waals surface area contributed by atoms with E-state index in [1.807, 2.05) is 49.4 Å². The number of aromatic nitrogens is 3. The minimum absolute atomic E-state index is 0.110. The highest BCUT2D eigenvalue weighted by Gasteiger charge is 2.23. The molecule has 2 N–H and O–H groups in total. The number of benzene rings is 2. The number of aromatic amines is 1. The molecule has 4 aromatic rings. The average molecular weight is 386 g/mol. The van der Waals surface area contributed by atoms with Gasteiger partial charge in [0, 0.05) is 17.2 Å². The Kier molecular flexibility index (Phi) is 4.39. The number of carbonyl (C=O) groups excluding carboxylic acids is 1. The number of carbonyl (C=O) groups is 1. The van der Waals surface area contributed by atoms with E-state index in [-0.39, 0.29) is 11.8 Å². The summed E-state index contributed by atoms with van der Waals surface area (Å²) in [4.78, 5) is 17.1. The van der Waals surface area contributed by atoms with E-state index in [1.165, 1.54) is 0 Å². The van der Waals surface area contributed by atoms with Crippen LogP contribution in [0.1, 0.15) is 31.2 Å². The SMILES string of the molecule is Cc1ccc2oc(-c3cn[nH]c3-c3cccc(NC(=O)C4CCCC4)c3)nc2c1. The fourth-order valence-electron chi connectivity index (χ4n) is 4.01. The molecule has 6 heteroatoms. The summed E-state index contributed by atoms with van der Waals surface area (Å²) in [6.45, 7) is 2.03. The molecule has 2 aromatic heterocycles. The van der Waals surface area contributed by atoms with Crippen molar-refractivity contribution in [2.45, 2.75) is 32.6 Å². The van der Waals surface area contributed by atoms with Crippen LogP contribution in [-0.2, 0) is 4.79 Å². The lowest BCUT2D eigenvalue weighted by Gasteiger charge is -2.11. The van der Waals surface area contributed by atoms with E-state index in [0.29, 0.717) is 5.89 Å². The van der Waals surface area contributed by atoms with Crippen LogP contribution in [0.4, 0.5) is 5.69 Å². The Morgan fingerprint density at radius 3 is 2.90 bits per heavy atom. The van der Waals surface area contributed by atoms with Gasteiger partial charge in [0.1, 0.15) is 5.52 Å². The Labute approximate surface area is 168 Å². The highest BCUT2D eigenvalue weighted by Crippen LogP contribution is 2.33. The van der Waals surface area contributed by atoms with Gasteiger partial charge in [-0.3, -0.25) is 9.89 Å². The Hall–Kier alpha value is -3.41. The fourth-order valence-corrected chi connectivity index (χ4v) is 4.01. The van der Waals surface area contributed by atoms with Gasteiger partial charge in [-0.1, -0.05) is 31.0 Å². The molecule has 6 nitrogen and oxygen atoms in total. The maximum atomic E-state index is 12.5. The van der Waals surface area contributed by atoms with E-state index in [0.717, 1.165) is 64.9 Å². The molecule has 0 aliphatic heterocycles. The van der Waals surface area contributed by atoms with Crippen molar-refractivity contribution >= 4 is 22.7 Å². The smallest absolute Gasteiger partial charge is 0.231 e. The quantitative estimate of drug-likeness (QED) is 0.497. The number of anilines is 1. The fraction of sp³-hybridized carbons (Fsp3) is 0.261. The minimum atomic E-state index is 0.110. The molecule has 0 radical (unpaired) electrons. The number of hydrogen-bond acceptors (Lipinski definition) is 4. The molecular weight excluding hydrogens is 364 g/mol. The summed E-state index contributed by atoms with van der Waals surface area (Å²) < 4.78 is 5.95. The maximum Gasteiger partial charge on any atom is 0.231 e. The van der Waals surface area contributed by atoms with E-state index >= 15 is 0 Å². The first-order valence-corrected chi connectivity index (χ1v) is 9.99. The molecule has 1 aliphatic rings. The second kappa shape index (κ2) is 7.20. The second-order valence-electron chi connectivity index (χ2n) is 7.70. The van der Waals surface area contributed by atoms with Gasteiger partial charge in [0.25, 0.3) is 0 Å². The summed E-state index contributed by atoms with van der Waals surface area (Å²) in [5, 5.41) is 10.3. The largest absolute Gasteiger partial charge is 0.436 e. The maximum absolute atomic E-state index is 12.5. The number of nitrogens with zero attached hydrogens (tertiary/aromatic N) is 2. The normalized spacial score (nSPS) is 14.5. The lowest BCUT2D eigenvalue weighted by Crippen LogP contribution is -2.20. The first kappa shape index (κ1) is 17.7. The van der Waals surface area contributed by atoms with Gasteiger partial charge in [-0.25, -0.2) is 4.98 Å². The molecule has 5 rings (SSSR count). The van der Waals surface area contributed by atoms with Crippen molar-refractivity contribution in [1.29, 1.82) is 0 Å². The number of amides is 1. The molecule has 0 unspecified atom stereocenters. The van der Waals surface area contributed by atoms with Crippen LogP contribution in [0, 0.1) is 12.8 Å². The lowest BCUT2D eigenvalue weighted by molar-refractivity contribution is -0.119. The van der Waals surface area contributed by atoms with E-state index in [1.54, 1.807) is 6.20 Å². The van der Waals surface area contributed by atoms with Crippen molar-refractivity contribution in [1.82, 2.24) is 15.2 Å². The van der Waals surface area contributed by atoms with Crippen molar-refractivity contribution in [2.75, 3.05) is 5.32 Å². The molecule has 1 aliphatic carbocycles. The molecule has 0 bridgehead atoms. The molecule has 29 heavy (non-hydrogen) atoms. The Bertz CT molecular complexity index is 1180. The molecule has 1 amide bonds. The van der Waals surface area contributed by atoms with Crippen LogP contribution in [0.5, 0.6) is 0 Å². The number of oxazole rings is 1. The Morgan fingerprint density at radius 1 is 1.17 bits per heavy atom. The van der Waals surface area contributed by atoms with Crippen LogP contribution in [0.25, 0.3) is 33.8 Å². The third-order valence-electron chi connectivity index (χ3n) is 5.56. The van der Waals surface area contributed by atoms with Gasteiger partial charge >= 0.3 is 0 Å². The second-order valence-corrected chi connectivity index (χ2v) is 7.70. The van der Waals surface area contributed by atoms with E-state index in [2.05, 4.69) is 20.5 Å². The monoisotopic (exact) mass is 386 g/mol. The third-order valence-corrected chi connectivity index (χ3v) is 5.56. The van der Waals surface area contributed by atoms with Crippen molar-refractivity contribution < 1.29 is 9.21 Å². The van der Waals surface area contributed by atoms with Crippen LogP contribution >= 0.6 is 0 Å². The van der Waals surface area contributed by atoms with Gasteiger partial charge in [0.05, 0.1) is 17.5 Å². The molecule has 2 aromatic carbocycles. The zero-order chi connectivity index (χ0) is 19.8. The molecule has 2 heterocycles. The molecule has 0 spiro atoms. The number of H-pyrrole nitrogens is 1. The van der Waals surface area contributed by atoms with Crippen LogP contribution in [-0.4, -0.2) is 21.1 Å².